The van der Waals surface area contributed by atoms with Gasteiger partial charge >= 0.3 is 6.03 Å². The first kappa shape index (κ1) is 21.6. The molecule has 2 aromatic rings. The molecule has 1 aliphatic heterocycles. The van der Waals surface area contributed by atoms with Crippen molar-refractivity contribution in [1.29, 1.82) is 5.26 Å². The van der Waals surface area contributed by atoms with E-state index in [1.54, 1.807) is 7.11 Å². The first-order valence-electron chi connectivity index (χ1n) is 10.2. The average molecular weight is 408 g/mol. The standard InChI is InChI=1S/C23H29N5O2/c1-30-22-9-5-19(6-10-22)17-25-23(29)26-21-7-3-20(4-8-21)18-28-15-13-27(14-16-28)12-2-11-24/h3-10H,2,12-18H2,1H3,(H2,25,26,29). The molecular formula is C23H29N5O2. The number of carbonyl (C=O) groups is 1. The molecule has 30 heavy (non-hydrogen) atoms. The number of rotatable bonds is 8. The van der Waals surface area contributed by atoms with E-state index >= 15 is 0 Å². The fourth-order valence-corrected chi connectivity index (χ4v) is 3.43. The zero-order valence-corrected chi connectivity index (χ0v) is 17.4. The van der Waals surface area contributed by atoms with Crippen LogP contribution in [-0.4, -0.2) is 55.7 Å². The molecule has 0 aliphatic carbocycles. The topological polar surface area (TPSA) is 80.6 Å². The summed E-state index contributed by atoms with van der Waals surface area (Å²) >= 11 is 0. The van der Waals surface area contributed by atoms with Gasteiger partial charge in [0.2, 0.25) is 0 Å². The van der Waals surface area contributed by atoms with Crippen LogP contribution in [0.3, 0.4) is 0 Å². The maximum Gasteiger partial charge on any atom is 0.319 e. The van der Waals surface area contributed by atoms with Crippen LogP contribution in [-0.2, 0) is 13.1 Å². The zero-order valence-electron chi connectivity index (χ0n) is 17.4. The number of methoxy groups -OCH3 is 1. The second-order valence-corrected chi connectivity index (χ2v) is 7.38. The van der Waals surface area contributed by atoms with Gasteiger partial charge in [-0.05, 0) is 35.4 Å². The first-order chi connectivity index (χ1) is 14.7. The number of hydrogen-bond donors (Lipinski definition) is 2. The summed E-state index contributed by atoms with van der Waals surface area (Å²) < 4.78 is 5.13. The molecule has 0 aromatic heterocycles. The third-order valence-corrected chi connectivity index (χ3v) is 5.23. The zero-order chi connectivity index (χ0) is 21.2. The summed E-state index contributed by atoms with van der Waals surface area (Å²) in [5.41, 5.74) is 3.01. The Morgan fingerprint density at radius 3 is 2.27 bits per heavy atom. The molecule has 2 amide bonds. The molecule has 0 atom stereocenters. The lowest BCUT2D eigenvalue weighted by Gasteiger charge is -2.34. The summed E-state index contributed by atoms with van der Waals surface area (Å²) in [6, 6.07) is 17.6. The smallest absolute Gasteiger partial charge is 0.319 e. The minimum atomic E-state index is -0.230. The highest BCUT2D eigenvalue weighted by Crippen LogP contribution is 2.14. The lowest BCUT2D eigenvalue weighted by molar-refractivity contribution is 0.129. The third kappa shape index (κ3) is 6.76. The Bertz CT molecular complexity index is 837. The van der Waals surface area contributed by atoms with Crippen LogP contribution in [0.4, 0.5) is 10.5 Å². The van der Waals surface area contributed by atoms with E-state index < -0.39 is 0 Å². The van der Waals surface area contributed by atoms with Crippen molar-refractivity contribution in [1.82, 2.24) is 15.1 Å². The number of urea groups is 1. The first-order valence-corrected chi connectivity index (χ1v) is 10.2. The number of carbonyl (C=O) groups excluding carboxylic acids is 1. The average Bonchev–Trinajstić information content (AvgIpc) is 2.79. The van der Waals surface area contributed by atoms with Gasteiger partial charge in [-0.25, -0.2) is 4.79 Å². The monoisotopic (exact) mass is 407 g/mol. The Kier molecular flexibility index (Phi) is 8.07. The maximum absolute atomic E-state index is 12.1. The number of nitriles is 1. The third-order valence-electron chi connectivity index (χ3n) is 5.23. The van der Waals surface area contributed by atoms with Crippen LogP contribution < -0.4 is 15.4 Å². The molecule has 2 aromatic carbocycles. The van der Waals surface area contributed by atoms with Gasteiger partial charge in [0.15, 0.2) is 0 Å². The maximum atomic E-state index is 12.1. The quantitative estimate of drug-likeness (QED) is 0.703. The van der Waals surface area contributed by atoms with Gasteiger partial charge in [0.1, 0.15) is 5.75 Å². The van der Waals surface area contributed by atoms with Gasteiger partial charge in [-0.2, -0.15) is 5.26 Å². The Labute approximate surface area is 178 Å². The number of ether oxygens (including phenoxy) is 1. The molecule has 1 aliphatic rings. The predicted molar refractivity (Wildman–Crippen MR) is 117 cm³/mol. The highest BCUT2D eigenvalue weighted by atomic mass is 16.5. The van der Waals surface area contributed by atoms with E-state index in [-0.39, 0.29) is 6.03 Å². The predicted octanol–water partition coefficient (Wildman–Crippen LogP) is 3.05. The van der Waals surface area contributed by atoms with E-state index in [0.29, 0.717) is 13.0 Å². The van der Waals surface area contributed by atoms with Gasteiger partial charge < -0.3 is 15.4 Å². The fourth-order valence-electron chi connectivity index (χ4n) is 3.43. The SMILES string of the molecule is COc1ccc(CNC(=O)Nc2ccc(CN3CCN(CCC#N)CC3)cc2)cc1. The largest absolute Gasteiger partial charge is 0.497 e. The van der Waals surface area contributed by atoms with E-state index in [4.69, 9.17) is 10.00 Å². The number of amides is 2. The summed E-state index contributed by atoms with van der Waals surface area (Å²) in [5, 5.41) is 14.4. The van der Waals surface area contributed by atoms with Crippen LogP contribution in [0.5, 0.6) is 5.75 Å². The van der Waals surface area contributed by atoms with Gasteiger partial charge in [0, 0.05) is 57.9 Å². The summed E-state index contributed by atoms with van der Waals surface area (Å²) in [6.07, 6.45) is 0.599. The molecule has 1 heterocycles. The molecule has 2 N–H and O–H groups in total. The van der Waals surface area contributed by atoms with Crippen LogP contribution in [0.15, 0.2) is 48.5 Å². The molecule has 3 rings (SSSR count). The van der Waals surface area contributed by atoms with Gasteiger partial charge in [-0.15, -0.1) is 0 Å². The molecule has 158 valence electrons. The number of nitrogens with one attached hydrogen (secondary N) is 2. The molecule has 1 saturated heterocycles. The van der Waals surface area contributed by atoms with E-state index in [0.717, 1.165) is 56.3 Å². The van der Waals surface area contributed by atoms with Crippen molar-refractivity contribution in [2.45, 2.75) is 19.5 Å². The van der Waals surface area contributed by atoms with Gasteiger partial charge in [-0.3, -0.25) is 9.80 Å². The Balaban J connectivity index is 1.39. The summed E-state index contributed by atoms with van der Waals surface area (Å²) in [5.74, 6) is 0.796. The van der Waals surface area contributed by atoms with Gasteiger partial charge in [0.05, 0.1) is 13.2 Å². The minimum Gasteiger partial charge on any atom is -0.497 e. The Morgan fingerprint density at radius 1 is 1.00 bits per heavy atom. The lowest BCUT2D eigenvalue weighted by Crippen LogP contribution is -2.46. The second kappa shape index (κ2) is 11.2. The van der Waals surface area contributed by atoms with Crippen molar-refractivity contribution in [2.75, 3.05) is 45.2 Å². The van der Waals surface area contributed by atoms with Crippen LogP contribution >= 0.6 is 0 Å². The van der Waals surface area contributed by atoms with Crippen molar-refractivity contribution >= 4 is 11.7 Å². The fraction of sp³-hybridized carbons (Fsp3) is 0.391. The van der Waals surface area contributed by atoms with E-state index in [1.807, 2.05) is 36.4 Å². The number of benzene rings is 2. The number of hydrogen-bond acceptors (Lipinski definition) is 5. The molecule has 0 spiro atoms. The van der Waals surface area contributed by atoms with Gasteiger partial charge in [0.25, 0.3) is 0 Å². The lowest BCUT2D eigenvalue weighted by atomic mass is 10.1. The molecule has 7 nitrogen and oxygen atoms in total. The van der Waals surface area contributed by atoms with Gasteiger partial charge in [-0.1, -0.05) is 24.3 Å². The van der Waals surface area contributed by atoms with Crippen molar-refractivity contribution in [3.05, 3.63) is 59.7 Å². The second-order valence-electron chi connectivity index (χ2n) is 7.38. The highest BCUT2D eigenvalue weighted by molar-refractivity contribution is 5.89. The van der Waals surface area contributed by atoms with Crippen molar-refractivity contribution < 1.29 is 9.53 Å². The number of nitrogens with zero attached hydrogens (tertiary/aromatic N) is 3. The Morgan fingerprint density at radius 2 is 1.63 bits per heavy atom. The van der Waals surface area contributed by atoms with E-state index in [1.165, 1.54) is 5.56 Å². The normalized spacial score (nSPS) is 14.7. The molecule has 7 heteroatoms. The highest BCUT2D eigenvalue weighted by Gasteiger charge is 2.16. The molecule has 0 radical (unpaired) electrons. The molecule has 0 saturated carbocycles. The van der Waals surface area contributed by atoms with Crippen LogP contribution in [0, 0.1) is 11.3 Å². The van der Waals surface area contributed by atoms with Crippen molar-refractivity contribution in [3.63, 3.8) is 0 Å². The van der Waals surface area contributed by atoms with E-state index in [9.17, 15) is 4.79 Å². The Hall–Kier alpha value is -3.08. The van der Waals surface area contributed by atoms with Crippen LogP contribution in [0.1, 0.15) is 17.5 Å². The van der Waals surface area contributed by atoms with Crippen molar-refractivity contribution in [2.24, 2.45) is 0 Å². The number of piperazine rings is 1. The molecule has 0 bridgehead atoms. The van der Waals surface area contributed by atoms with Crippen molar-refractivity contribution in [3.8, 4) is 11.8 Å². The van der Waals surface area contributed by atoms with Crippen LogP contribution in [0.25, 0.3) is 0 Å². The molecular weight excluding hydrogens is 378 g/mol. The molecule has 1 fully saturated rings. The van der Waals surface area contributed by atoms with E-state index in [2.05, 4.69) is 38.6 Å². The van der Waals surface area contributed by atoms with Crippen LogP contribution in [0.2, 0.25) is 0 Å². The summed E-state index contributed by atoms with van der Waals surface area (Å²) in [7, 11) is 1.63. The minimum absolute atomic E-state index is 0.230. The summed E-state index contributed by atoms with van der Waals surface area (Å²) in [4.78, 5) is 16.9. The molecule has 0 unspecified atom stereocenters. The summed E-state index contributed by atoms with van der Waals surface area (Å²) in [6.45, 7) is 6.26. The number of anilines is 1.